The largest absolute Gasteiger partial charge is 0.444 e. The molecule has 0 saturated carbocycles. The number of benzene rings is 1. The van der Waals surface area contributed by atoms with Crippen LogP contribution in [0.4, 0.5) is 10.6 Å². The Morgan fingerprint density at radius 2 is 1.87 bits per heavy atom. The highest BCUT2D eigenvalue weighted by Gasteiger charge is 2.37. The Bertz CT molecular complexity index is 1360. The van der Waals surface area contributed by atoms with Gasteiger partial charge in [-0.2, -0.15) is 0 Å². The number of carbonyl (C=O) groups is 3. The minimum absolute atomic E-state index is 0.00817. The summed E-state index contributed by atoms with van der Waals surface area (Å²) < 4.78 is 6.70. The number of aromatic nitrogens is 3. The van der Waals surface area contributed by atoms with E-state index >= 15 is 0 Å². The summed E-state index contributed by atoms with van der Waals surface area (Å²) in [4.78, 5) is 48.4. The fraction of sp³-hybridized carbons (Fsp3) is 0.370. The van der Waals surface area contributed by atoms with E-state index < -0.39 is 23.6 Å². The van der Waals surface area contributed by atoms with E-state index in [0.717, 1.165) is 23.1 Å². The lowest BCUT2D eigenvalue weighted by atomic mass is 10.1. The number of imidazole rings is 1. The lowest BCUT2D eigenvalue weighted by Crippen LogP contribution is -2.38. The first-order valence-electron chi connectivity index (χ1n) is 12.5. The number of carbonyl (C=O) groups excluding carboxylic acids is 3. The molecule has 11 heteroatoms. The van der Waals surface area contributed by atoms with Crippen molar-refractivity contribution < 1.29 is 19.1 Å². The second kappa shape index (κ2) is 10.5. The van der Waals surface area contributed by atoms with Gasteiger partial charge >= 0.3 is 6.09 Å². The molecular weight excluding hydrogens is 486 g/mol. The van der Waals surface area contributed by atoms with Crippen molar-refractivity contribution >= 4 is 23.7 Å². The van der Waals surface area contributed by atoms with Crippen molar-refractivity contribution in [3.05, 3.63) is 65.2 Å². The van der Waals surface area contributed by atoms with Crippen molar-refractivity contribution in [2.45, 2.75) is 58.6 Å². The second-order valence-corrected chi connectivity index (χ2v) is 10.2. The van der Waals surface area contributed by atoms with Gasteiger partial charge in [0.15, 0.2) is 11.5 Å². The number of ether oxygens (including phenoxy) is 1. The molecule has 0 unspecified atom stereocenters. The first-order chi connectivity index (χ1) is 18.0. The van der Waals surface area contributed by atoms with E-state index in [2.05, 4.69) is 15.3 Å². The second-order valence-electron chi connectivity index (χ2n) is 10.2. The minimum Gasteiger partial charge on any atom is -0.444 e. The molecule has 1 atom stereocenters. The standard InChI is InChI=1S/C27H33N7O4/c1-5-16-12-13-30-20(15-16)31-25(36)18-10-8-17(9-11-18)21-22(23(28)35)34(29)24(32-21)19-7-6-14-33(19)26(37)38-27(2,3)4/h8-13,15,19H,5-7,14,29H2,1-4H3,(H2,28,35)(H,30,31,36)/t19-/m0/s1. The van der Waals surface area contributed by atoms with Gasteiger partial charge in [0.1, 0.15) is 17.1 Å². The number of pyridine rings is 1. The molecule has 4 rings (SSSR count). The maximum absolute atomic E-state index is 12.8. The highest BCUT2D eigenvalue weighted by atomic mass is 16.6. The van der Waals surface area contributed by atoms with Gasteiger partial charge in [0.2, 0.25) is 0 Å². The molecule has 1 aromatic carbocycles. The van der Waals surface area contributed by atoms with Gasteiger partial charge in [-0.05, 0) is 69.9 Å². The summed E-state index contributed by atoms with van der Waals surface area (Å²) >= 11 is 0. The number of likely N-dealkylation sites (tertiary alicyclic amines) is 1. The Hall–Kier alpha value is -4.41. The Labute approximate surface area is 221 Å². The summed E-state index contributed by atoms with van der Waals surface area (Å²) in [6, 6.07) is 9.83. The topological polar surface area (TPSA) is 158 Å². The van der Waals surface area contributed by atoms with Crippen molar-refractivity contribution in [3.8, 4) is 11.3 Å². The SMILES string of the molecule is CCc1ccnc(NC(=O)c2ccc(-c3nc([C@@H]4CCCN4C(=O)OC(C)(C)C)n(N)c3C(N)=O)cc2)c1. The van der Waals surface area contributed by atoms with Crippen LogP contribution in [-0.4, -0.2) is 49.6 Å². The lowest BCUT2D eigenvalue weighted by molar-refractivity contribution is 0.0217. The van der Waals surface area contributed by atoms with Crippen LogP contribution in [0.25, 0.3) is 11.3 Å². The van der Waals surface area contributed by atoms with Gasteiger partial charge in [0, 0.05) is 23.9 Å². The van der Waals surface area contributed by atoms with Crippen LogP contribution >= 0.6 is 0 Å². The molecule has 1 aliphatic rings. The van der Waals surface area contributed by atoms with E-state index in [-0.39, 0.29) is 17.3 Å². The number of nitrogens with zero attached hydrogens (tertiary/aromatic N) is 4. The Morgan fingerprint density at radius 1 is 1.16 bits per heavy atom. The zero-order valence-corrected chi connectivity index (χ0v) is 22.0. The van der Waals surface area contributed by atoms with E-state index in [1.807, 2.05) is 19.1 Å². The normalized spacial score (nSPS) is 15.4. The number of rotatable bonds is 6. The van der Waals surface area contributed by atoms with Gasteiger partial charge in [-0.1, -0.05) is 19.1 Å². The summed E-state index contributed by atoms with van der Waals surface area (Å²) in [5.74, 6) is 6.02. The van der Waals surface area contributed by atoms with Gasteiger partial charge in [-0.25, -0.2) is 19.4 Å². The average molecular weight is 520 g/mol. The molecule has 200 valence electrons. The molecule has 11 nitrogen and oxygen atoms in total. The third-order valence-corrected chi connectivity index (χ3v) is 6.25. The smallest absolute Gasteiger partial charge is 0.410 e. The number of hydrogen-bond acceptors (Lipinski definition) is 7. The Morgan fingerprint density at radius 3 is 2.50 bits per heavy atom. The number of nitrogens with two attached hydrogens (primary N) is 2. The number of nitrogen functional groups attached to an aromatic ring is 1. The minimum atomic E-state index is -0.758. The van der Waals surface area contributed by atoms with Gasteiger partial charge < -0.3 is 21.6 Å². The van der Waals surface area contributed by atoms with Crippen LogP contribution < -0.4 is 16.9 Å². The molecule has 38 heavy (non-hydrogen) atoms. The summed E-state index contributed by atoms with van der Waals surface area (Å²) in [6.45, 7) is 7.90. The maximum Gasteiger partial charge on any atom is 0.410 e. The first kappa shape index (κ1) is 26.6. The van der Waals surface area contributed by atoms with Crippen molar-refractivity contribution in [3.63, 3.8) is 0 Å². The molecule has 0 spiro atoms. The van der Waals surface area contributed by atoms with Crippen LogP contribution in [0.2, 0.25) is 0 Å². The van der Waals surface area contributed by atoms with E-state index in [1.54, 1.807) is 56.1 Å². The van der Waals surface area contributed by atoms with E-state index in [9.17, 15) is 14.4 Å². The van der Waals surface area contributed by atoms with Crippen molar-refractivity contribution in [2.75, 3.05) is 17.7 Å². The van der Waals surface area contributed by atoms with E-state index in [1.165, 1.54) is 0 Å². The zero-order chi connectivity index (χ0) is 27.6. The van der Waals surface area contributed by atoms with Crippen LogP contribution in [0.5, 0.6) is 0 Å². The third kappa shape index (κ3) is 5.61. The first-order valence-corrected chi connectivity index (χ1v) is 12.5. The number of amides is 3. The quantitative estimate of drug-likeness (QED) is 0.419. The zero-order valence-electron chi connectivity index (χ0n) is 22.0. The summed E-state index contributed by atoms with van der Waals surface area (Å²) in [7, 11) is 0. The van der Waals surface area contributed by atoms with Crippen LogP contribution in [0.1, 0.15) is 78.8 Å². The molecule has 3 aromatic rings. The van der Waals surface area contributed by atoms with Gasteiger partial charge in [0.05, 0.1) is 6.04 Å². The number of aryl methyl sites for hydroxylation is 1. The highest BCUT2D eigenvalue weighted by molar-refractivity contribution is 6.04. The van der Waals surface area contributed by atoms with Crippen molar-refractivity contribution in [2.24, 2.45) is 5.73 Å². The van der Waals surface area contributed by atoms with Crippen LogP contribution in [0.3, 0.4) is 0 Å². The van der Waals surface area contributed by atoms with Crippen LogP contribution in [-0.2, 0) is 11.2 Å². The number of nitrogens with one attached hydrogen (secondary N) is 1. The molecule has 1 fully saturated rings. The molecule has 0 bridgehead atoms. The molecular formula is C27H33N7O4. The predicted molar refractivity (Wildman–Crippen MR) is 143 cm³/mol. The molecule has 0 radical (unpaired) electrons. The van der Waals surface area contributed by atoms with Crippen molar-refractivity contribution in [1.82, 2.24) is 19.5 Å². The summed E-state index contributed by atoms with van der Waals surface area (Å²) in [5, 5.41) is 2.79. The molecule has 2 aromatic heterocycles. The molecule has 1 saturated heterocycles. The predicted octanol–water partition coefficient (Wildman–Crippen LogP) is 3.64. The van der Waals surface area contributed by atoms with Crippen LogP contribution in [0.15, 0.2) is 42.6 Å². The van der Waals surface area contributed by atoms with Crippen molar-refractivity contribution in [1.29, 1.82) is 0 Å². The number of primary amides is 1. The molecule has 5 N–H and O–H groups in total. The summed E-state index contributed by atoms with van der Waals surface area (Å²) in [6.07, 6.45) is 3.35. The Balaban J connectivity index is 1.61. The van der Waals surface area contributed by atoms with Gasteiger partial charge in [0.25, 0.3) is 11.8 Å². The van der Waals surface area contributed by atoms with E-state index in [4.69, 9.17) is 16.3 Å². The number of anilines is 1. The van der Waals surface area contributed by atoms with E-state index in [0.29, 0.717) is 35.7 Å². The Kier molecular flexibility index (Phi) is 7.38. The molecule has 3 amide bonds. The average Bonchev–Trinajstić information content (AvgIpc) is 3.47. The molecule has 1 aliphatic heterocycles. The lowest BCUT2D eigenvalue weighted by Gasteiger charge is -2.28. The van der Waals surface area contributed by atoms with Gasteiger partial charge in [-0.15, -0.1) is 0 Å². The number of hydrogen-bond donors (Lipinski definition) is 3. The summed E-state index contributed by atoms with van der Waals surface area (Å²) in [5.41, 5.74) is 7.31. The third-order valence-electron chi connectivity index (χ3n) is 6.25. The monoisotopic (exact) mass is 519 g/mol. The fourth-order valence-electron chi connectivity index (χ4n) is 4.43. The van der Waals surface area contributed by atoms with Gasteiger partial charge in [-0.3, -0.25) is 14.5 Å². The molecule has 0 aliphatic carbocycles. The molecule has 3 heterocycles. The fourth-order valence-corrected chi connectivity index (χ4v) is 4.43. The highest BCUT2D eigenvalue weighted by Crippen LogP contribution is 2.35. The maximum atomic E-state index is 12.8. The van der Waals surface area contributed by atoms with Crippen LogP contribution in [0, 0.1) is 0 Å².